The zero-order chi connectivity index (χ0) is 15.3. The second kappa shape index (κ2) is 7.25. The number of primary amides is 1. The third-order valence-corrected chi connectivity index (χ3v) is 5.26. The van der Waals surface area contributed by atoms with Crippen LogP contribution in [-0.2, 0) is 9.59 Å². The summed E-state index contributed by atoms with van der Waals surface area (Å²) < 4.78 is 0. The van der Waals surface area contributed by atoms with Gasteiger partial charge in [0.2, 0.25) is 11.8 Å². The van der Waals surface area contributed by atoms with E-state index in [1.807, 2.05) is 0 Å². The first-order valence-corrected chi connectivity index (χ1v) is 8.38. The Labute approximate surface area is 127 Å². The van der Waals surface area contributed by atoms with E-state index in [2.05, 4.69) is 0 Å². The Bertz CT molecular complexity index is 370. The number of amides is 2. The van der Waals surface area contributed by atoms with Gasteiger partial charge in [-0.05, 0) is 25.7 Å². The molecule has 21 heavy (non-hydrogen) atoms. The van der Waals surface area contributed by atoms with E-state index in [-0.39, 0.29) is 18.5 Å². The minimum Gasteiger partial charge on any atom is -0.368 e. The Balaban J connectivity index is 2.19. The van der Waals surface area contributed by atoms with Gasteiger partial charge in [-0.15, -0.1) is 0 Å². The molecule has 0 aromatic rings. The number of nitrogens with two attached hydrogens (primary N) is 2. The molecule has 0 aromatic heterocycles. The topological polar surface area (TPSA) is 89.4 Å². The first-order valence-electron chi connectivity index (χ1n) is 8.38. The first-order chi connectivity index (χ1) is 10.1. The lowest BCUT2D eigenvalue weighted by atomic mass is 9.78. The molecule has 5 nitrogen and oxygen atoms in total. The normalized spacial score (nSPS) is 22.7. The summed E-state index contributed by atoms with van der Waals surface area (Å²) >= 11 is 0. The Morgan fingerprint density at radius 3 is 2.05 bits per heavy atom. The second-order valence-corrected chi connectivity index (χ2v) is 6.74. The molecule has 0 unspecified atom stereocenters. The summed E-state index contributed by atoms with van der Waals surface area (Å²) in [6.07, 6.45) is 10.4. The van der Waals surface area contributed by atoms with Crippen LogP contribution in [0.15, 0.2) is 0 Å². The number of nitrogens with zero attached hydrogens (tertiary/aromatic N) is 1. The van der Waals surface area contributed by atoms with E-state index in [0.717, 1.165) is 51.4 Å². The molecule has 2 rings (SSSR count). The Morgan fingerprint density at radius 1 is 1.00 bits per heavy atom. The maximum absolute atomic E-state index is 13.2. The van der Waals surface area contributed by atoms with Gasteiger partial charge in [-0.2, -0.15) is 0 Å². The van der Waals surface area contributed by atoms with Gasteiger partial charge in [0, 0.05) is 12.6 Å². The van der Waals surface area contributed by atoms with Crippen LogP contribution in [0.4, 0.5) is 0 Å². The summed E-state index contributed by atoms with van der Waals surface area (Å²) in [7, 11) is 0. The predicted molar refractivity (Wildman–Crippen MR) is 82.4 cm³/mol. The van der Waals surface area contributed by atoms with Gasteiger partial charge in [0.25, 0.3) is 0 Å². The highest BCUT2D eigenvalue weighted by atomic mass is 16.2. The van der Waals surface area contributed by atoms with Crippen LogP contribution in [0.2, 0.25) is 0 Å². The standard InChI is InChI=1S/C16H29N3O2/c17-12-16(9-5-1-2-6-10-16)15(21)19(11-14(18)20)13-7-3-4-8-13/h13H,1-12,17H2,(H2,18,20). The largest absolute Gasteiger partial charge is 0.368 e. The van der Waals surface area contributed by atoms with Crippen molar-refractivity contribution in [3.05, 3.63) is 0 Å². The number of carbonyl (C=O) groups is 2. The Morgan fingerprint density at radius 2 is 1.57 bits per heavy atom. The molecule has 0 saturated heterocycles. The number of carbonyl (C=O) groups excluding carboxylic acids is 2. The summed E-state index contributed by atoms with van der Waals surface area (Å²) in [5.41, 5.74) is 10.9. The fourth-order valence-corrected chi connectivity index (χ4v) is 3.97. The molecule has 2 fully saturated rings. The summed E-state index contributed by atoms with van der Waals surface area (Å²) in [6, 6.07) is 0.177. The molecule has 4 N–H and O–H groups in total. The summed E-state index contributed by atoms with van der Waals surface area (Å²) in [4.78, 5) is 26.3. The second-order valence-electron chi connectivity index (χ2n) is 6.74. The Kier molecular flexibility index (Phi) is 5.62. The van der Waals surface area contributed by atoms with Gasteiger partial charge in [0.1, 0.15) is 0 Å². The van der Waals surface area contributed by atoms with Crippen molar-refractivity contribution in [2.75, 3.05) is 13.1 Å². The maximum atomic E-state index is 13.2. The third kappa shape index (κ3) is 3.76. The molecule has 0 spiro atoms. The smallest absolute Gasteiger partial charge is 0.237 e. The SMILES string of the molecule is NCC1(C(=O)N(CC(N)=O)C2CCCC2)CCCCCC1. The van der Waals surface area contributed by atoms with Crippen molar-refractivity contribution in [3.8, 4) is 0 Å². The minimum atomic E-state index is -0.464. The van der Waals surface area contributed by atoms with Gasteiger partial charge in [-0.25, -0.2) is 0 Å². The fourth-order valence-electron chi connectivity index (χ4n) is 3.97. The van der Waals surface area contributed by atoms with Crippen LogP contribution < -0.4 is 11.5 Å². The molecule has 0 heterocycles. The van der Waals surface area contributed by atoms with E-state index >= 15 is 0 Å². The van der Waals surface area contributed by atoms with Crippen molar-refractivity contribution in [1.29, 1.82) is 0 Å². The van der Waals surface area contributed by atoms with Crippen molar-refractivity contribution < 1.29 is 9.59 Å². The number of hydrogen-bond acceptors (Lipinski definition) is 3. The summed E-state index contributed by atoms with van der Waals surface area (Å²) in [5.74, 6) is -0.339. The van der Waals surface area contributed by atoms with Gasteiger partial charge in [-0.1, -0.05) is 38.5 Å². The lowest BCUT2D eigenvalue weighted by Gasteiger charge is -2.38. The van der Waals surface area contributed by atoms with Crippen LogP contribution in [0.25, 0.3) is 0 Å². The molecular weight excluding hydrogens is 266 g/mol. The molecule has 2 amide bonds. The molecule has 5 heteroatoms. The number of rotatable bonds is 5. The average molecular weight is 295 g/mol. The van der Waals surface area contributed by atoms with Crippen LogP contribution in [0, 0.1) is 5.41 Å². The first kappa shape index (κ1) is 16.3. The van der Waals surface area contributed by atoms with Crippen LogP contribution in [0.1, 0.15) is 64.2 Å². The van der Waals surface area contributed by atoms with Gasteiger partial charge < -0.3 is 16.4 Å². The van der Waals surface area contributed by atoms with E-state index in [4.69, 9.17) is 11.5 Å². The van der Waals surface area contributed by atoms with Crippen molar-refractivity contribution in [2.24, 2.45) is 16.9 Å². The summed E-state index contributed by atoms with van der Waals surface area (Å²) in [6.45, 7) is 0.430. The van der Waals surface area contributed by atoms with Crippen LogP contribution in [0.3, 0.4) is 0 Å². The molecule has 0 radical (unpaired) electrons. The molecule has 2 aliphatic carbocycles. The van der Waals surface area contributed by atoms with Gasteiger partial charge in [0.05, 0.1) is 12.0 Å². The average Bonchev–Trinajstić information content (AvgIpc) is 2.88. The maximum Gasteiger partial charge on any atom is 0.237 e. The molecule has 120 valence electrons. The van der Waals surface area contributed by atoms with Gasteiger partial charge in [-0.3, -0.25) is 9.59 Å². The zero-order valence-corrected chi connectivity index (χ0v) is 13.0. The highest BCUT2D eigenvalue weighted by Crippen LogP contribution is 2.37. The highest BCUT2D eigenvalue weighted by molar-refractivity contribution is 5.88. The summed E-state index contributed by atoms with van der Waals surface area (Å²) in [5, 5.41) is 0. The van der Waals surface area contributed by atoms with Crippen molar-refractivity contribution in [3.63, 3.8) is 0 Å². The van der Waals surface area contributed by atoms with Crippen LogP contribution in [-0.4, -0.2) is 35.8 Å². The molecule has 0 aromatic carbocycles. The fraction of sp³-hybridized carbons (Fsp3) is 0.875. The van der Waals surface area contributed by atoms with E-state index in [1.54, 1.807) is 4.90 Å². The molecule has 0 bridgehead atoms. The lowest BCUT2D eigenvalue weighted by molar-refractivity contribution is -0.147. The van der Waals surface area contributed by atoms with Crippen LogP contribution in [0.5, 0.6) is 0 Å². The predicted octanol–water partition coefficient (Wildman–Crippen LogP) is 1.54. The quantitative estimate of drug-likeness (QED) is 0.754. The van der Waals surface area contributed by atoms with E-state index in [9.17, 15) is 9.59 Å². The van der Waals surface area contributed by atoms with E-state index < -0.39 is 11.3 Å². The highest BCUT2D eigenvalue weighted by Gasteiger charge is 2.42. The van der Waals surface area contributed by atoms with Gasteiger partial charge >= 0.3 is 0 Å². The zero-order valence-electron chi connectivity index (χ0n) is 13.0. The van der Waals surface area contributed by atoms with Crippen molar-refractivity contribution in [1.82, 2.24) is 4.90 Å². The Hall–Kier alpha value is -1.10. The molecule has 0 atom stereocenters. The van der Waals surface area contributed by atoms with E-state index in [0.29, 0.717) is 6.54 Å². The molecule has 0 aliphatic heterocycles. The molecule has 2 aliphatic rings. The minimum absolute atomic E-state index is 0.0469. The molecule has 2 saturated carbocycles. The lowest BCUT2D eigenvalue weighted by Crippen LogP contribution is -2.53. The number of hydrogen-bond donors (Lipinski definition) is 2. The van der Waals surface area contributed by atoms with Crippen molar-refractivity contribution in [2.45, 2.75) is 70.3 Å². The van der Waals surface area contributed by atoms with E-state index in [1.165, 1.54) is 12.8 Å². The monoisotopic (exact) mass is 295 g/mol. The van der Waals surface area contributed by atoms with Crippen LogP contribution >= 0.6 is 0 Å². The third-order valence-electron chi connectivity index (χ3n) is 5.26. The van der Waals surface area contributed by atoms with Crippen molar-refractivity contribution >= 4 is 11.8 Å². The molecular formula is C16H29N3O2. The van der Waals surface area contributed by atoms with Gasteiger partial charge in [0.15, 0.2) is 0 Å².